The van der Waals surface area contributed by atoms with Crippen molar-refractivity contribution in [2.45, 2.75) is 6.42 Å². The van der Waals surface area contributed by atoms with E-state index in [9.17, 15) is 4.79 Å². The van der Waals surface area contributed by atoms with Crippen LogP contribution in [0, 0.1) is 0 Å². The number of rotatable bonds is 4. The summed E-state index contributed by atoms with van der Waals surface area (Å²) >= 11 is 0. The van der Waals surface area contributed by atoms with Crippen LogP contribution in [0.2, 0.25) is 0 Å². The Bertz CT molecular complexity index is 709. The Morgan fingerprint density at radius 2 is 1.91 bits per heavy atom. The van der Waals surface area contributed by atoms with E-state index in [1.54, 1.807) is 17.3 Å². The van der Waals surface area contributed by atoms with Gasteiger partial charge in [-0.1, -0.05) is 18.2 Å². The van der Waals surface area contributed by atoms with E-state index in [0.29, 0.717) is 0 Å². The predicted molar refractivity (Wildman–Crippen MR) is 88.4 cm³/mol. The molecule has 1 aliphatic heterocycles. The Balaban J connectivity index is 1.76. The maximum Gasteiger partial charge on any atom is 0.260 e. The summed E-state index contributed by atoms with van der Waals surface area (Å²) in [6.07, 6.45) is 6.49. The lowest BCUT2D eigenvalue weighted by molar-refractivity contribution is -0.112. The van der Waals surface area contributed by atoms with Crippen LogP contribution in [-0.4, -0.2) is 36.4 Å². The van der Waals surface area contributed by atoms with Crippen LogP contribution in [0.3, 0.4) is 0 Å². The molecule has 0 aliphatic carbocycles. The molecule has 1 aromatic heterocycles. The Morgan fingerprint density at radius 1 is 1.18 bits per heavy atom. The molecule has 1 amide bonds. The quantitative estimate of drug-likeness (QED) is 0.813. The molecule has 0 spiro atoms. The van der Waals surface area contributed by atoms with E-state index in [-0.39, 0.29) is 5.91 Å². The van der Waals surface area contributed by atoms with Crippen LogP contribution in [0.5, 0.6) is 0 Å². The van der Waals surface area contributed by atoms with Crippen LogP contribution in [0.1, 0.15) is 11.1 Å². The zero-order valence-electron chi connectivity index (χ0n) is 12.9. The molecular formula is C18H19N3O. The highest BCUT2D eigenvalue weighted by Crippen LogP contribution is 2.35. The number of carbonyl (C=O) groups is 1. The minimum absolute atomic E-state index is 0.0527. The molecule has 2 heterocycles. The highest BCUT2D eigenvalue weighted by molar-refractivity contribution is 6.32. The number of anilines is 1. The molecule has 2 aromatic rings. The third kappa shape index (κ3) is 2.72. The van der Waals surface area contributed by atoms with Crippen molar-refractivity contribution in [1.82, 2.24) is 9.88 Å². The highest BCUT2D eigenvalue weighted by Gasteiger charge is 2.29. The summed E-state index contributed by atoms with van der Waals surface area (Å²) in [4.78, 5) is 20.2. The minimum Gasteiger partial charge on any atom is -0.379 e. The first-order chi connectivity index (χ1) is 10.7. The minimum atomic E-state index is 0.0527. The normalized spacial score (nSPS) is 15.3. The first-order valence-corrected chi connectivity index (χ1v) is 7.35. The lowest BCUT2D eigenvalue weighted by atomic mass is 10.1. The molecular weight excluding hydrogens is 274 g/mol. The van der Waals surface area contributed by atoms with Crippen molar-refractivity contribution in [2.24, 2.45) is 0 Å². The van der Waals surface area contributed by atoms with Crippen LogP contribution >= 0.6 is 0 Å². The van der Waals surface area contributed by atoms with Crippen molar-refractivity contribution in [3.63, 3.8) is 0 Å². The van der Waals surface area contributed by atoms with Crippen molar-refractivity contribution in [1.29, 1.82) is 0 Å². The summed E-state index contributed by atoms with van der Waals surface area (Å²) in [5.41, 5.74) is 3.98. The third-order valence-electron chi connectivity index (χ3n) is 3.94. The number of carbonyl (C=O) groups excluding carboxylic acids is 1. The summed E-state index contributed by atoms with van der Waals surface area (Å²) < 4.78 is 0. The van der Waals surface area contributed by atoms with Gasteiger partial charge in [0.15, 0.2) is 0 Å². The van der Waals surface area contributed by atoms with E-state index in [1.807, 2.05) is 56.7 Å². The fourth-order valence-electron chi connectivity index (χ4n) is 2.66. The van der Waals surface area contributed by atoms with Gasteiger partial charge in [0, 0.05) is 44.8 Å². The molecule has 112 valence electrons. The van der Waals surface area contributed by atoms with Gasteiger partial charge in [-0.2, -0.15) is 0 Å². The number of para-hydroxylation sites is 1. The summed E-state index contributed by atoms with van der Waals surface area (Å²) in [6.45, 7) is 0.854. The standard InChI is InChI=1S/C18H19N3O/c1-20(12-9-14-7-10-19-11-8-14)13-16-15-5-3-4-6-17(15)21(2)18(16)22/h3-8,10-11,13H,9,12H2,1-2H3/b16-13-. The highest BCUT2D eigenvalue weighted by atomic mass is 16.2. The van der Waals surface area contributed by atoms with Gasteiger partial charge in [-0.15, -0.1) is 0 Å². The molecule has 0 saturated heterocycles. The molecule has 0 N–H and O–H groups in total. The van der Waals surface area contributed by atoms with E-state index in [1.165, 1.54) is 5.56 Å². The largest absolute Gasteiger partial charge is 0.379 e. The first kappa shape index (κ1) is 14.3. The van der Waals surface area contributed by atoms with Gasteiger partial charge in [-0.3, -0.25) is 9.78 Å². The van der Waals surface area contributed by atoms with Gasteiger partial charge in [-0.25, -0.2) is 0 Å². The lowest BCUT2D eigenvalue weighted by Crippen LogP contribution is -2.22. The maximum absolute atomic E-state index is 12.4. The number of fused-ring (bicyclic) bond motifs is 1. The van der Waals surface area contributed by atoms with Crippen LogP contribution in [0.15, 0.2) is 55.0 Å². The summed E-state index contributed by atoms with van der Waals surface area (Å²) in [6, 6.07) is 11.9. The molecule has 0 bridgehead atoms. The van der Waals surface area contributed by atoms with Gasteiger partial charge in [0.1, 0.15) is 0 Å². The Hall–Kier alpha value is -2.62. The van der Waals surface area contributed by atoms with E-state index < -0.39 is 0 Å². The number of hydrogen-bond acceptors (Lipinski definition) is 3. The van der Waals surface area contributed by atoms with Crippen LogP contribution in [0.25, 0.3) is 5.57 Å². The third-order valence-corrected chi connectivity index (χ3v) is 3.94. The number of nitrogens with zero attached hydrogens (tertiary/aromatic N) is 3. The van der Waals surface area contributed by atoms with E-state index in [4.69, 9.17) is 0 Å². The SMILES string of the molecule is CN(/C=C1\C(=O)N(C)c2ccccc21)CCc1ccncc1. The van der Waals surface area contributed by atoms with Crippen LogP contribution in [-0.2, 0) is 11.2 Å². The molecule has 0 saturated carbocycles. The zero-order valence-corrected chi connectivity index (χ0v) is 12.9. The van der Waals surface area contributed by atoms with Crippen molar-refractivity contribution >= 4 is 17.2 Å². The van der Waals surface area contributed by atoms with Crippen molar-refractivity contribution in [3.05, 3.63) is 66.1 Å². The molecule has 4 heteroatoms. The van der Waals surface area contributed by atoms with Crippen LogP contribution in [0.4, 0.5) is 5.69 Å². The van der Waals surface area contributed by atoms with Gasteiger partial charge < -0.3 is 9.80 Å². The number of likely N-dealkylation sites (N-methyl/N-ethyl adjacent to an activating group) is 2. The van der Waals surface area contributed by atoms with E-state index in [0.717, 1.165) is 29.8 Å². The Morgan fingerprint density at radius 3 is 2.68 bits per heavy atom. The molecule has 0 atom stereocenters. The fourth-order valence-corrected chi connectivity index (χ4v) is 2.66. The summed E-state index contributed by atoms with van der Waals surface area (Å²) in [7, 11) is 3.82. The second-order valence-electron chi connectivity index (χ2n) is 5.51. The lowest BCUT2D eigenvalue weighted by Gasteiger charge is -2.15. The van der Waals surface area contributed by atoms with Gasteiger partial charge in [0.2, 0.25) is 0 Å². The molecule has 0 fully saturated rings. The number of pyridine rings is 1. The van der Waals surface area contributed by atoms with Crippen molar-refractivity contribution in [3.8, 4) is 0 Å². The van der Waals surface area contributed by atoms with Gasteiger partial charge in [0.05, 0.1) is 11.3 Å². The van der Waals surface area contributed by atoms with Gasteiger partial charge in [0.25, 0.3) is 5.91 Å². The van der Waals surface area contributed by atoms with Crippen molar-refractivity contribution < 1.29 is 4.79 Å². The second-order valence-corrected chi connectivity index (χ2v) is 5.51. The molecule has 3 rings (SSSR count). The summed E-state index contributed by atoms with van der Waals surface area (Å²) in [5, 5.41) is 0. The van der Waals surface area contributed by atoms with E-state index in [2.05, 4.69) is 9.88 Å². The predicted octanol–water partition coefficient (Wildman–Crippen LogP) is 2.57. The summed E-state index contributed by atoms with van der Waals surface area (Å²) in [5.74, 6) is 0.0527. The molecule has 22 heavy (non-hydrogen) atoms. The smallest absolute Gasteiger partial charge is 0.260 e. The fraction of sp³-hybridized carbons (Fsp3) is 0.222. The average Bonchev–Trinajstić information content (AvgIpc) is 2.79. The number of amides is 1. The molecule has 1 aromatic carbocycles. The van der Waals surface area contributed by atoms with Gasteiger partial charge >= 0.3 is 0 Å². The van der Waals surface area contributed by atoms with Crippen molar-refractivity contribution in [2.75, 3.05) is 25.5 Å². The first-order valence-electron chi connectivity index (χ1n) is 7.35. The second kappa shape index (κ2) is 6.02. The molecule has 0 unspecified atom stereocenters. The average molecular weight is 293 g/mol. The number of benzene rings is 1. The molecule has 4 nitrogen and oxygen atoms in total. The van der Waals surface area contributed by atoms with E-state index >= 15 is 0 Å². The Kier molecular flexibility index (Phi) is 3.92. The zero-order chi connectivity index (χ0) is 15.5. The maximum atomic E-state index is 12.4. The molecule has 0 radical (unpaired) electrons. The number of hydrogen-bond donors (Lipinski definition) is 0. The topological polar surface area (TPSA) is 36.4 Å². The van der Waals surface area contributed by atoms with Gasteiger partial charge in [-0.05, 0) is 30.2 Å². The number of aromatic nitrogens is 1. The Labute approximate surface area is 130 Å². The molecule has 1 aliphatic rings. The monoisotopic (exact) mass is 293 g/mol. The van der Waals surface area contributed by atoms with Crippen LogP contribution < -0.4 is 4.90 Å².